The molecule has 0 radical (unpaired) electrons. The van der Waals surface area contributed by atoms with Crippen molar-refractivity contribution in [3.05, 3.63) is 36.6 Å². The molecule has 0 heterocycles. The molecule has 19 heavy (non-hydrogen) atoms. The van der Waals surface area contributed by atoms with Crippen molar-refractivity contribution in [2.24, 2.45) is 22.6 Å². The fourth-order valence-corrected chi connectivity index (χ4v) is 1.85. The number of aliphatic imine (C=N–C) groups is 1. The Morgan fingerprint density at radius 3 is 2.63 bits per heavy atom. The van der Waals surface area contributed by atoms with E-state index in [0.29, 0.717) is 18.2 Å². The lowest BCUT2D eigenvalue weighted by Gasteiger charge is -2.15. The van der Waals surface area contributed by atoms with E-state index in [9.17, 15) is 0 Å². The lowest BCUT2D eigenvalue weighted by Crippen LogP contribution is -2.04. The third-order valence-electron chi connectivity index (χ3n) is 3.31. The molecular weight excluding hydrogens is 232 g/mol. The Balaban J connectivity index is 3.85. The van der Waals surface area contributed by atoms with Crippen molar-refractivity contribution in [1.82, 2.24) is 0 Å². The highest BCUT2D eigenvalue weighted by molar-refractivity contribution is 5.92. The summed E-state index contributed by atoms with van der Waals surface area (Å²) in [6.45, 7) is 12.9. The van der Waals surface area contributed by atoms with Crippen LogP contribution in [0.4, 0.5) is 0 Å². The molecule has 0 fully saturated rings. The molecule has 0 saturated heterocycles. The van der Waals surface area contributed by atoms with Crippen molar-refractivity contribution in [2.75, 3.05) is 6.54 Å². The highest BCUT2D eigenvalue weighted by Gasteiger charge is 2.07. The van der Waals surface area contributed by atoms with Gasteiger partial charge < -0.3 is 5.73 Å². The van der Waals surface area contributed by atoms with Crippen LogP contribution >= 0.6 is 0 Å². The van der Waals surface area contributed by atoms with Gasteiger partial charge in [-0.2, -0.15) is 0 Å². The Morgan fingerprint density at radius 1 is 1.37 bits per heavy atom. The molecule has 0 amide bonds. The van der Waals surface area contributed by atoms with E-state index in [1.54, 1.807) is 0 Å². The molecule has 2 heteroatoms. The van der Waals surface area contributed by atoms with Crippen LogP contribution in [0.3, 0.4) is 0 Å². The largest absolute Gasteiger partial charge is 0.401 e. The van der Waals surface area contributed by atoms with E-state index in [1.165, 1.54) is 12.8 Å². The quantitative estimate of drug-likeness (QED) is 0.371. The summed E-state index contributed by atoms with van der Waals surface area (Å²) in [6, 6.07) is 0. The van der Waals surface area contributed by atoms with Crippen LogP contribution in [0.2, 0.25) is 0 Å². The highest BCUT2D eigenvalue weighted by atomic mass is 14.8. The Labute approximate surface area is 119 Å². The summed E-state index contributed by atoms with van der Waals surface area (Å²) in [7, 11) is 0. The van der Waals surface area contributed by atoms with Gasteiger partial charge in [0.25, 0.3) is 0 Å². The first kappa shape index (κ1) is 17.7. The van der Waals surface area contributed by atoms with E-state index in [2.05, 4.69) is 56.6 Å². The van der Waals surface area contributed by atoms with Crippen molar-refractivity contribution < 1.29 is 0 Å². The number of hydrogen-bond donors (Lipinski definition) is 1. The maximum absolute atomic E-state index is 5.47. The van der Waals surface area contributed by atoms with Gasteiger partial charge in [0.15, 0.2) is 0 Å². The van der Waals surface area contributed by atoms with Gasteiger partial charge in [0.05, 0.1) is 6.54 Å². The summed E-state index contributed by atoms with van der Waals surface area (Å²) in [5.74, 6) is 1.42. The van der Waals surface area contributed by atoms with E-state index < -0.39 is 0 Å². The van der Waals surface area contributed by atoms with Crippen LogP contribution < -0.4 is 5.73 Å². The van der Waals surface area contributed by atoms with E-state index in [0.717, 1.165) is 18.1 Å². The van der Waals surface area contributed by atoms with Crippen molar-refractivity contribution >= 4 is 5.71 Å². The maximum Gasteiger partial charge on any atom is 0.0781 e. The molecule has 0 spiro atoms. The second-order valence-electron chi connectivity index (χ2n) is 5.31. The first-order chi connectivity index (χ1) is 8.97. The first-order valence-corrected chi connectivity index (χ1v) is 7.21. The monoisotopic (exact) mass is 262 g/mol. The molecule has 0 rings (SSSR count). The molecule has 2 nitrogen and oxygen atoms in total. The topological polar surface area (TPSA) is 38.4 Å². The zero-order valence-corrected chi connectivity index (χ0v) is 13.0. The van der Waals surface area contributed by atoms with Gasteiger partial charge in [0.1, 0.15) is 0 Å². The van der Waals surface area contributed by atoms with Gasteiger partial charge in [-0.15, -0.1) is 0 Å². The molecule has 0 aliphatic carbocycles. The summed E-state index contributed by atoms with van der Waals surface area (Å²) in [4.78, 5) is 4.31. The third kappa shape index (κ3) is 10.3. The average molecular weight is 262 g/mol. The van der Waals surface area contributed by atoms with Crippen molar-refractivity contribution in [1.29, 1.82) is 0 Å². The number of rotatable bonds is 9. The van der Waals surface area contributed by atoms with Gasteiger partial charge in [0, 0.05) is 11.4 Å². The van der Waals surface area contributed by atoms with Gasteiger partial charge in [-0.25, -0.2) is 0 Å². The standard InChI is InChI=1S/C17H30N2/c1-6-10-14(2)15(3)11-8-7-9-12-17(5)19-13-16(4)18/h6,9-10,12,14-15H,4,7-8,11,13,18H2,1-3,5H3/b10-6-,12-9+,19-17?. The molecule has 2 unspecified atom stereocenters. The summed E-state index contributed by atoms with van der Waals surface area (Å²) in [6.07, 6.45) is 12.3. The lowest BCUT2D eigenvalue weighted by molar-refractivity contribution is 0.417. The number of hydrogen-bond acceptors (Lipinski definition) is 2. The first-order valence-electron chi connectivity index (χ1n) is 7.21. The fraction of sp³-hybridized carbons (Fsp3) is 0.588. The van der Waals surface area contributed by atoms with Gasteiger partial charge in [0.2, 0.25) is 0 Å². The summed E-state index contributed by atoms with van der Waals surface area (Å²) >= 11 is 0. The van der Waals surface area contributed by atoms with Crippen LogP contribution in [0.1, 0.15) is 47.0 Å². The molecule has 0 aliphatic heterocycles. The minimum absolute atomic E-state index is 0.522. The molecular formula is C17H30N2. The molecule has 0 aromatic carbocycles. The molecule has 0 aromatic rings. The van der Waals surface area contributed by atoms with Crippen LogP contribution in [-0.4, -0.2) is 12.3 Å². The zero-order valence-electron chi connectivity index (χ0n) is 13.0. The summed E-state index contributed by atoms with van der Waals surface area (Å²) in [5.41, 5.74) is 7.10. The number of nitrogens with two attached hydrogens (primary N) is 1. The van der Waals surface area contributed by atoms with Crippen LogP contribution in [0, 0.1) is 11.8 Å². The SMILES string of the molecule is C=C(N)CN=C(C)/C=C/CCCC(C)C(C)/C=C\C. The minimum atomic E-state index is 0.522. The zero-order chi connectivity index (χ0) is 14.7. The Morgan fingerprint density at radius 2 is 2.05 bits per heavy atom. The maximum atomic E-state index is 5.47. The normalized spacial score (nSPS) is 16.1. The van der Waals surface area contributed by atoms with Gasteiger partial charge >= 0.3 is 0 Å². The molecule has 0 bridgehead atoms. The van der Waals surface area contributed by atoms with Crippen molar-refractivity contribution in [3.8, 4) is 0 Å². The fourth-order valence-electron chi connectivity index (χ4n) is 1.85. The van der Waals surface area contributed by atoms with Gasteiger partial charge in [-0.05, 0) is 51.0 Å². The van der Waals surface area contributed by atoms with Crippen LogP contribution in [0.5, 0.6) is 0 Å². The van der Waals surface area contributed by atoms with E-state index >= 15 is 0 Å². The van der Waals surface area contributed by atoms with E-state index in [1.807, 2.05) is 6.92 Å². The van der Waals surface area contributed by atoms with Crippen molar-refractivity contribution in [3.63, 3.8) is 0 Å². The van der Waals surface area contributed by atoms with Gasteiger partial charge in [-0.3, -0.25) is 4.99 Å². The smallest absolute Gasteiger partial charge is 0.0781 e. The van der Waals surface area contributed by atoms with Crippen LogP contribution in [0.25, 0.3) is 0 Å². The Bertz CT molecular complexity index is 337. The van der Waals surface area contributed by atoms with Gasteiger partial charge in [-0.1, -0.05) is 38.7 Å². The second kappa shape index (κ2) is 10.6. The number of nitrogens with zero attached hydrogens (tertiary/aromatic N) is 1. The molecule has 2 atom stereocenters. The van der Waals surface area contributed by atoms with E-state index in [-0.39, 0.29) is 0 Å². The summed E-state index contributed by atoms with van der Waals surface area (Å²) in [5, 5.41) is 0. The van der Waals surface area contributed by atoms with E-state index in [4.69, 9.17) is 5.73 Å². The molecule has 0 aliphatic rings. The van der Waals surface area contributed by atoms with Crippen LogP contribution in [-0.2, 0) is 0 Å². The minimum Gasteiger partial charge on any atom is -0.401 e. The Kier molecular flexibility index (Phi) is 9.87. The average Bonchev–Trinajstić information content (AvgIpc) is 2.35. The number of allylic oxidation sites excluding steroid dienone is 4. The molecule has 108 valence electrons. The molecule has 0 aromatic heterocycles. The lowest BCUT2D eigenvalue weighted by atomic mass is 9.91. The van der Waals surface area contributed by atoms with Crippen molar-refractivity contribution in [2.45, 2.75) is 47.0 Å². The second-order valence-corrected chi connectivity index (χ2v) is 5.31. The third-order valence-corrected chi connectivity index (χ3v) is 3.31. The Hall–Kier alpha value is -1.31. The predicted molar refractivity (Wildman–Crippen MR) is 87.4 cm³/mol. The molecule has 0 saturated carbocycles. The molecule has 2 N–H and O–H groups in total. The van der Waals surface area contributed by atoms with Crippen LogP contribution in [0.15, 0.2) is 41.6 Å². The summed E-state index contributed by atoms with van der Waals surface area (Å²) < 4.78 is 0. The number of unbranched alkanes of at least 4 members (excludes halogenated alkanes) is 1. The highest BCUT2D eigenvalue weighted by Crippen LogP contribution is 2.19. The predicted octanol–water partition coefficient (Wildman–Crippen LogP) is 4.49.